The van der Waals surface area contributed by atoms with E-state index in [0.717, 1.165) is 5.56 Å². The number of ether oxygens (including phenoxy) is 3. The lowest BCUT2D eigenvalue weighted by Gasteiger charge is -2.13. The van der Waals surface area contributed by atoms with E-state index in [4.69, 9.17) is 14.2 Å². The van der Waals surface area contributed by atoms with Crippen LogP contribution in [0.5, 0.6) is 23.0 Å². The molecule has 0 atom stereocenters. The molecular weight excluding hydrogens is 298 g/mol. The molecule has 0 unspecified atom stereocenters. The van der Waals surface area contributed by atoms with Gasteiger partial charge in [-0.05, 0) is 17.7 Å². The van der Waals surface area contributed by atoms with Crippen molar-refractivity contribution in [3.63, 3.8) is 0 Å². The Morgan fingerprint density at radius 3 is 2.43 bits per heavy atom. The van der Waals surface area contributed by atoms with E-state index in [1.807, 2.05) is 24.3 Å². The number of phenolic OH excluding ortho intramolecular Hbond substituents is 1. The molecule has 0 saturated carbocycles. The predicted molar refractivity (Wildman–Crippen MR) is 85.4 cm³/mol. The number of nitrogens with one attached hydrogen (secondary N) is 1. The zero-order chi connectivity index (χ0) is 16.8. The number of aromatic hydroxyl groups is 1. The van der Waals surface area contributed by atoms with E-state index in [-0.39, 0.29) is 17.1 Å². The average Bonchev–Trinajstić information content (AvgIpc) is 2.58. The minimum atomic E-state index is -0.440. The van der Waals surface area contributed by atoms with Gasteiger partial charge in [0.1, 0.15) is 28.6 Å². The number of carbonyl (C=O) groups is 1. The van der Waals surface area contributed by atoms with Crippen LogP contribution in [0.25, 0.3) is 0 Å². The van der Waals surface area contributed by atoms with Gasteiger partial charge >= 0.3 is 0 Å². The Balaban J connectivity index is 2.17. The van der Waals surface area contributed by atoms with E-state index in [1.54, 1.807) is 13.2 Å². The van der Waals surface area contributed by atoms with Crippen molar-refractivity contribution in [1.29, 1.82) is 0 Å². The van der Waals surface area contributed by atoms with Crippen molar-refractivity contribution in [3.05, 3.63) is 47.5 Å². The van der Waals surface area contributed by atoms with Gasteiger partial charge in [0.05, 0.1) is 21.3 Å². The van der Waals surface area contributed by atoms with Crippen molar-refractivity contribution in [3.8, 4) is 23.0 Å². The Labute approximate surface area is 134 Å². The fourth-order valence-electron chi connectivity index (χ4n) is 2.14. The zero-order valence-corrected chi connectivity index (χ0v) is 13.3. The minimum absolute atomic E-state index is 0.0659. The molecule has 0 radical (unpaired) electrons. The molecule has 122 valence electrons. The van der Waals surface area contributed by atoms with E-state index in [0.29, 0.717) is 18.0 Å². The Morgan fingerprint density at radius 2 is 1.78 bits per heavy atom. The van der Waals surface area contributed by atoms with Crippen LogP contribution in [-0.2, 0) is 6.54 Å². The number of phenols is 1. The van der Waals surface area contributed by atoms with Gasteiger partial charge < -0.3 is 24.6 Å². The molecule has 6 nitrogen and oxygen atoms in total. The van der Waals surface area contributed by atoms with Crippen LogP contribution in [-0.4, -0.2) is 32.3 Å². The molecule has 0 aromatic heterocycles. The standard InChI is InChI=1S/C17H19NO5/c1-21-12-6-4-5-11(7-12)10-18-17(20)16-14(19)8-13(22-2)9-15(16)23-3/h4-9,19H,10H2,1-3H3,(H,18,20). The topological polar surface area (TPSA) is 77.0 Å². The molecule has 0 aliphatic heterocycles. The number of hydrogen-bond donors (Lipinski definition) is 2. The molecule has 0 spiro atoms. The van der Waals surface area contributed by atoms with Crippen LogP contribution in [0.15, 0.2) is 36.4 Å². The maximum atomic E-state index is 12.3. The van der Waals surface area contributed by atoms with Gasteiger partial charge in [0.2, 0.25) is 0 Å². The summed E-state index contributed by atoms with van der Waals surface area (Å²) >= 11 is 0. The Morgan fingerprint density at radius 1 is 1.04 bits per heavy atom. The molecule has 2 aromatic carbocycles. The fraction of sp³-hybridized carbons (Fsp3) is 0.235. The Bertz CT molecular complexity index is 699. The van der Waals surface area contributed by atoms with Crippen LogP contribution in [0.2, 0.25) is 0 Å². The van der Waals surface area contributed by atoms with Crippen LogP contribution < -0.4 is 19.5 Å². The molecule has 0 heterocycles. The first-order valence-corrected chi connectivity index (χ1v) is 6.95. The summed E-state index contributed by atoms with van der Waals surface area (Å²) in [5.41, 5.74) is 0.945. The third-order valence-electron chi connectivity index (χ3n) is 3.32. The summed E-state index contributed by atoms with van der Waals surface area (Å²) in [6, 6.07) is 10.3. The molecule has 6 heteroatoms. The molecule has 2 N–H and O–H groups in total. The van der Waals surface area contributed by atoms with Gasteiger partial charge in [0, 0.05) is 18.7 Å². The summed E-state index contributed by atoms with van der Waals surface area (Å²) in [6.07, 6.45) is 0. The first kappa shape index (κ1) is 16.5. The number of carbonyl (C=O) groups excluding carboxylic acids is 1. The van der Waals surface area contributed by atoms with Crippen LogP contribution in [0, 0.1) is 0 Å². The lowest BCUT2D eigenvalue weighted by Crippen LogP contribution is -2.23. The summed E-state index contributed by atoms with van der Waals surface area (Å²) < 4.78 is 15.3. The van der Waals surface area contributed by atoms with Gasteiger partial charge in [-0.3, -0.25) is 4.79 Å². The highest BCUT2D eigenvalue weighted by molar-refractivity contribution is 5.99. The van der Waals surface area contributed by atoms with Crippen LogP contribution in [0.1, 0.15) is 15.9 Å². The van der Waals surface area contributed by atoms with E-state index < -0.39 is 5.91 Å². The van der Waals surface area contributed by atoms with Gasteiger partial charge in [-0.2, -0.15) is 0 Å². The summed E-state index contributed by atoms with van der Waals surface area (Å²) in [7, 11) is 4.47. The highest BCUT2D eigenvalue weighted by atomic mass is 16.5. The van der Waals surface area contributed by atoms with Crippen molar-refractivity contribution in [2.24, 2.45) is 0 Å². The second-order valence-corrected chi connectivity index (χ2v) is 4.76. The van der Waals surface area contributed by atoms with Crippen LogP contribution >= 0.6 is 0 Å². The number of benzene rings is 2. The molecule has 2 rings (SSSR count). The fourth-order valence-corrected chi connectivity index (χ4v) is 2.14. The van der Waals surface area contributed by atoms with Crippen molar-refractivity contribution >= 4 is 5.91 Å². The maximum absolute atomic E-state index is 12.3. The van der Waals surface area contributed by atoms with Crippen molar-refractivity contribution in [2.45, 2.75) is 6.54 Å². The summed E-state index contributed by atoms with van der Waals surface area (Å²) in [5, 5.41) is 12.8. The monoisotopic (exact) mass is 317 g/mol. The first-order chi connectivity index (χ1) is 11.1. The molecule has 0 aliphatic rings. The quantitative estimate of drug-likeness (QED) is 0.855. The third kappa shape index (κ3) is 3.85. The van der Waals surface area contributed by atoms with Crippen LogP contribution in [0.4, 0.5) is 0 Å². The maximum Gasteiger partial charge on any atom is 0.259 e. The number of amides is 1. The molecule has 1 amide bonds. The predicted octanol–water partition coefficient (Wildman–Crippen LogP) is 2.35. The van der Waals surface area contributed by atoms with E-state index in [1.165, 1.54) is 20.3 Å². The van der Waals surface area contributed by atoms with Crippen molar-refractivity contribution in [2.75, 3.05) is 21.3 Å². The van der Waals surface area contributed by atoms with Gasteiger partial charge in [0.25, 0.3) is 5.91 Å². The summed E-state index contributed by atoms with van der Waals surface area (Å²) in [6.45, 7) is 0.296. The largest absolute Gasteiger partial charge is 0.507 e. The van der Waals surface area contributed by atoms with Gasteiger partial charge in [0.15, 0.2) is 0 Å². The molecule has 23 heavy (non-hydrogen) atoms. The molecule has 2 aromatic rings. The highest BCUT2D eigenvalue weighted by Gasteiger charge is 2.19. The average molecular weight is 317 g/mol. The van der Waals surface area contributed by atoms with Crippen LogP contribution in [0.3, 0.4) is 0 Å². The van der Waals surface area contributed by atoms with Gasteiger partial charge in [-0.1, -0.05) is 12.1 Å². The van der Waals surface area contributed by atoms with Gasteiger partial charge in [-0.25, -0.2) is 0 Å². The first-order valence-electron chi connectivity index (χ1n) is 6.95. The normalized spacial score (nSPS) is 10.0. The summed E-state index contributed by atoms with van der Waals surface area (Å²) in [5.74, 6) is 0.712. The van der Waals surface area contributed by atoms with Crippen molar-refractivity contribution < 1.29 is 24.1 Å². The second kappa shape index (κ2) is 7.40. The molecular formula is C17H19NO5. The lowest BCUT2D eigenvalue weighted by atomic mass is 10.1. The number of rotatable bonds is 6. The molecule has 0 saturated heterocycles. The highest BCUT2D eigenvalue weighted by Crippen LogP contribution is 2.33. The molecule has 0 fully saturated rings. The van der Waals surface area contributed by atoms with E-state index in [9.17, 15) is 9.90 Å². The number of hydrogen-bond acceptors (Lipinski definition) is 5. The van der Waals surface area contributed by atoms with Gasteiger partial charge in [-0.15, -0.1) is 0 Å². The second-order valence-electron chi connectivity index (χ2n) is 4.76. The molecule has 0 aliphatic carbocycles. The third-order valence-corrected chi connectivity index (χ3v) is 3.32. The molecule has 0 bridgehead atoms. The smallest absolute Gasteiger partial charge is 0.259 e. The SMILES string of the molecule is COc1cccc(CNC(=O)c2c(O)cc(OC)cc2OC)c1. The van der Waals surface area contributed by atoms with E-state index >= 15 is 0 Å². The van der Waals surface area contributed by atoms with E-state index in [2.05, 4.69) is 5.32 Å². The Kier molecular flexibility index (Phi) is 5.30. The minimum Gasteiger partial charge on any atom is -0.507 e. The zero-order valence-electron chi connectivity index (χ0n) is 13.3. The Hall–Kier alpha value is -2.89. The number of methoxy groups -OCH3 is 3. The lowest BCUT2D eigenvalue weighted by molar-refractivity contribution is 0.0945. The van der Waals surface area contributed by atoms with Crippen molar-refractivity contribution in [1.82, 2.24) is 5.32 Å². The summed E-state index contributed by atoms with van der Waals surface area (Å²) in [4.78, 5) is 12.3.